The SMILES string of the molecule is O=C(Cc1cccc(C(F)(F)F)c1)NCC12CC(CN1Cc1ccccc1)C2. The Bertz CT molecular complexity index is 844. The number of halogens is 3. The minimum Gasteiger partial charge on any atom is -0.354 e. The average molecular weight is 388 g/mol. The predicted molar refractivity (Wildman–Crippen MR) is 100 cm³/mol. The number of carbonyl (C=O) groups excluding carboxylic acids is 1. The molecule has 3 aliphatic rings. The third kappa shape index (κ3) is 3.92. The van der Waals surface area contributed by atoms with Crippen LogP contribution >= 0.6 is 0 Å². The van der Waals surface area contributed by atoms with Crippen LogP contribution in [-0.2, 0) is 23.9 Å². The first kappa shape index (κ1) is 19.0. The lowest BCUT2D eigenvalue weighted by atomic mass is 9.73. The van der Waals surface area contributed by atoms with E-state index in [2.05, 4.69) is 22.3 Å². The highest BCUT2D eigenvalue weighted by atomic mass is 19.4. The summed E-state index contributed by atoms with van der Waals surface area (Å²) in [7, 11) is 0. The monoisotopic (exact) mass is 388 g/mol. The first-order chi connectivity index (χ1) is 13.3. The van der Waals surface area contributed by atoms with Crippen molar-refractivity contribution in [3.05, 3.63) is 71.3 Å². The Morgan fingerprint density at radius 3 is 2.50 bits per heavy atom. The summed E-state index contributed by atoms with van der Waals surface area (Å²) in [6.45, 7) is 2.45. The van der Waals surface area contributed by atoms with Crippen LogP contribution in [-0.4, -0.2) is 29.4 Å². The molecule has 3 nitrogen and oxygen atoms in total. The van der Waals surface area contributed by atoms with Crippen LogP contribution in [0.25, 0.3) is 0 Å². The molecule has 6 heteroatoms. The summed E-state index contributed by atoms with van der Waals surface area (Å²) >= 11 is 0. The molecule has 2 aromatic rings. The average Bonchev–Trinajstić information content (AvgIpc) is 3.14. The number of rotatable bonds is 6. The lowest BCUT2D eigenvalue weighted by Gasteiger charge is -2.42. The summed E-state index contributed by atoms with van der Waals surface area (Å²) in [4.78, 5) is 14.8. The van der Waals surface area contributed by atoms with Crippen LogP contribution in [0.4, 0.5) is 13.2 Å². The third-order valence-corrected chi connectivity index (χ3v) is 5.94. The van der Waals surface area contributed by atoms with E-state index < -0.39 is 11.7 Å². The maximum Gasteiger partial charge on any atom is 0.416 e. The highest BCUT2D eigenvalue weighted by Gasteiger charge is 2.55. The van der Waals surface area contributed by atoms with E-state index in [0.717, 1.165) is 38.1 Å². The van der Waals surface area contributed by atoms with Gasteiger partial charge in [-0.2, -0.15) is 13.2 Å². The Kier molecular flexibility index (Phi) is 4.91. The maximum atomic E-state index is 12.8. The van der Waals surface area contributed by atoms with Crippen molar-refractivity contribution in [1.82, 2.24) is 10.2 Å². The lowest BCUT2D eigenvalue weighted by molar-refractivity contribution is -0.137. The minimum atomic E-state index is -4.39. The van der Waals surface area contributed by atoms with Crippen molar-refractivity contribution in [2.75, 3.05) is 13.1 Å². The molecule has 5 rings (SSSR count). The molecular formula is C22H23F3N2O. The van der Waals surface area contributed by atoms with Gasteiger partial charge in [0.25, 0.3) is 0 Å². The summed E-state index contributed by atoms with van der Waals surface area (Å²) in [6, 6.07) is 15.2. The number of benzene rings is 2. The van der Waals surface area contributed by atoms with Gasteiger partial charge in [0, 0.05) is 25.2 Å². The molecule has 2 bridgehead atoms. The van der Waals surface area contributed by atoms with Crippen molar-refractivity contribution in [3.8, 4) is 0 Å². The molecule has 1 amide bonds. The van der Waals surface area contributed by atoms with Crippen LogP contribution in [0.5, 0.6) is 0 Å². The second-order valence-electron chi connectivity index (χ2n) is 8.02. The molecule has 0 spiro atoms. The second-order valence-corrected chi connectivity index (χ2v) is 8.02. The quantitative estimate of drug-likeness (QED) is 0.811. The van der Waals surface area contributed by atoms with Crippen LogP contribution in [0.1, 0.15) is 29.5 Å². The van der Waals surface area contributed by atoms with Gasteiger partial charge in [0.1, 0.15) is 0 Å². The van der Waals surface area contributed by atoms with Crippen molar-refractivity contribution < 1.29 is 18.0 Å². The fraction of sp³-hybridized carbons (Fsp3) is 0.409. The fourth-order valence-corrected chi connectivity index (χ4v) is 4.57. The van der Waals surface area contributed by atoms with E-state index in [1.54, 1.807) is 6.07 Å². The standard InChI is InChI=1S/C22H23F3N2O/c23-22(24,25)19-8-4-7-17(9-19)10-20(28)26-15-21-11-18(12-21)14-27(21)13-16-5-2-1-3-6-16/h1-9,18H,10-15H2,(H,26,28). The van der Waals surface area contributed by atoms with E-state index in [1.807, 2.05) is 18.2 Å². The molecule has 2 heterocycles. The molecule has 0 atom stereocenters. The molecule has 1 N–H and O–H groups in total. The van der Waals surface area contributed by atoms with E-state index in [-0.39, 0.29) is 17.9 Å². The molecule has 0 unspecified atom stereocenters. The Balaban J connectivity index is 1.34. The number of nitrogens with one attached hydrogen (secondary N) is 1. The highest BCUT2D eigenvalue weighted by Crippen LogP contribution is 2.50. The van der Waals surface area contributed by atoms with Crippen molar-refractivity contribution >= 4 is 5.91 Å². The molecule has 2 aromatic carbocycles. The molecular weight excluding hydrogens is 365 g/mol. The maximum absolute atomic E-state index is 12.8. The predicted octanol–water partition coefficient (Wildman–Crippen LogP) is 4.03. The van der Waals surface area contributed by atoms with Gasteiger partial charge in [-0.1, -0.05) is 48.5 Å². The summed E-state index contributed by atoms with van der Waals surface area (Å²) in [5.41, 5.74) is 0.904. The smallest absolute Gasteiger partial charge is 0.354 e. The molecule has 0 radical (unpaired) electrons. The van der Waals surface area contributed by atoms with E-state index in [0.29, 0.717) is 18.0 Å². The first-order valence-electron chi connectivity index (χ1n) is 9.56. The summed E-state index contributed by atoms with van der Waals surface area (Å²) in [5, 5.41) is 2.96. The molecule has 2 saturated heterocycles. The molecule has 0 aromatic heterocycles. The summed E-state index contributed by atoms with van der Waals surface area (Å²) < 4.78 is 38.5. The third-order valence-electron chi connectivity index (χ3n) is 5.94. The van der Waals surface area contributed by atoms with Crippen LogP contribution < -0.4 is 5.32 Å². The zero-order valence-corrected chi connectivity index (χ0v) is 15.5. The lowest BCUT2D eigenvalue weighted by Crippen LogP contribution is -2.54. The number of nitrogens with zero attached hydrogens (tertiary/aromatic N) is 1. The van der Waals surface area contributed by atoms with Gasteiger partial charge in [0.15, 0.2) is 0 Å². The number of fused-ring (bicyclic) bond motifs is 1. The second kappa shape index (κ2) is 7.24. The van der Waals surface area contributed by atoms with Gasteiger partial charge < -0.3 is 5.32 Å². The summed E-state index contributed by atoms with van der Waals surface area (Å²) in [6.07, 6.45) is -2.29. The molecule has 1 saturated carbocycles. The van der Waals surface area contributed by atoms with Gasteiger partial charge in [-0.25, -0.2) is 0 Å². The van der Waals surface area contributed by atoms with E-state index in [1.165, 1.54) is 11.6 Å². The number of hydrogen-bond donors (Lipinski definition) is 1. The Morgan fingerprint density at radius 2 is 1.79 bits per heavy atom. The van der Waals surface area contributed by atoms with Gasteiger partial charge in [0.2, 0.25) is 5.91 Å². The van der Waals surface area contributed by atoms with Crippen LogP contribution in [0, 0.1) is 5.92 Å². The van der Waals surface area contributed by atoms with Crippen molar-refractivity contribution in [1.29, 1.82) is 0 Å². The van der Waals surface area contributed by atoms with Crippen molar-refractivity contribution in [2.45, 2.75) is 37.5 Å². The number of hydrogen-bond acceptors (Lipinski definition) is 2. The van der Waals surface area contributed by atoms with E-state index >= 15 is 0 Å². The zero-order chi connectivity index (χ0) is 19.8. The van der Waals surface area contributed by atoms with Crippen LogP contribution in [0.3, 0.4) is 0 Å². The molecule has 28 heavy (non-hydrogen) atoms. The molecule has 2 aliphatic heterocycles. The highest BCUT2D eigenvalue weighted by molar-refractivity contribution is 5.78. The molecule has 1 aliphatic carbocycles. The van der Waals surface area contributed by atoms with E-state index in [9.17, 15) is 18.0 Å². The minimum absolute atomic E-state index is 0.00993. The molecule has 3 fully saturated rings. The first-order valence-corrected chi connectivity index (χ1v) is 9.56. The van der Waals surface area contributed by atoms with Gasteiger partial charge in [-0.05, 0) is 36.0 Å². The van der Waals surface area contributed by atoms with Crippen molar-refractivity contribution in [3.63, 3.8) is 0 Å². The van der Waals surface area contributed by atoms with Crippen LogP contribution in [0.2, 0.25) is 0 Å². The summed E-state index contributed by atoms with van der Waals surface area (Å²) in [5.74, 6) is 0.452. The zero-order valence-electron chi connectivity index (χ0n) is 15.5. The molecule has 148 valence electrons. The van der Waals surface area contributed by atoms with Gasteiger partial charge in [0.05, 0.1) is 12.0 Å². The van der Waals surface area contributed by atoms with Crippen molar-refractivity contribution in [2.24, 2.45) is 5.92 Å². The number of alkyl halides is 3. The largest absolute Gasteiger partial charge is 0.416 e. The topological polar surface area (TPSA) is 32.3 Å². The Labute approximate surface area is 162 Å². The van der Waals surface area contributed by atoms with Gasteiger partial charge in [-0.15, -0.1) is 0 Å². The van der Waals surface area contributed by atoms with Gasteiger partial charge in [-0.3, -0.25) is 9.69 Å². The number of amides is 1. The fourth-order valence-electron chi connectivity index (χ4n) is 4.57. The van der Waals surface area contributed by atoms with Crippen LogP contribution in [0.15, 0.2) is 54.6 Å². The Hall–Kier alpha value is -2.34. The Morgan fingerprint density at radius 1 is 1.07 bits per heavy atom. The van der Waals surface area contributed by atoms with Gasteiger partial charge >= 0.3 is 6.18 Å². The normalized spacial score (nSPS) is 24.0. The number of carbonyl (C=O) groups is 1. The van der Waals surface area contributed by atoms with E-state index in [4.69, 9.17) is 0 Å².